The number of hydrogen-bond donors (Lipinski definition) is 6. The minimum atomic E-state index is -1.19. The van der Waals surface area contributed by atoms with Gasteiger partial charge in [0.2, 0.25) is 17.7 Å². The normalized spacial score (nSPS) is 17.7. The van der Waals surface area contributed by atoms with E-state index in [1.54, 1.807) is 0 Å². The number of thiol groups is 1. The van der Waals surface area contributed by atoms with Crippen LogP contribution in [0.2, 0.25) is 0 Å². The van der Waals surface area contributed by atoms with E-state index in [0.717, 1.165) is 16.5 Å². The number of carbonyl (C=O) groups is 4. The van der Waals surface area contributed by atoms with Gasteiger partial charge >= 0.3 is 5.97 Å². The molecule has 11 heteroatoms. The van der Waals surface area contributed by atoms with Crippen molar-refractivity contribution in [3.8, 4) is 0 Å². The Labute approximate surface area is 190 Å². The first-order chi connectivity index (χ1) is 15.3. The van der Waals surface area contributed by atoms with Crippen molar-refractivity contribution >= 4 is 47.2 Å². The predicted octanol–water partition coefficient (Wildman–Crippen LogP) is -0.356. The summed E-state index contributed by atoms with van der Waals surface area (Å²) in [6.07, 6.45) is 3.14. The molecule has 3 atom stereocenters. The lowest BCUT2D eigenvalue weighted by atomic mass is 10.1. The SMILES string of the molecule is NC(Cc1c[nH]c2ccccc12)C(=O)NCC(=O)N1CCCC1C(=O)NC(CS)C(=O)O. The van der Waals surface area contributed by atoms with Gasteiger partial charge in [-0.25, -0.2) is 4.79 Å². The zero-order chi connectivity index (χ0) is 23.3. The largest absolute Gasteiger partial charge is 0.480 e. The summed E-state index contributed by atoms with van der Waals surface area (Å²) in [7, 11) is 0. The van der Waals surface area contributed by atoms with Gasteiger partial charge in [0.05, 0.1) is 12.6 Å². The van der Waals surface area contributed by atoms with Crippen molar-refractivity contribution in [1.29, 1.82) is 0 Å². The van der Waals surface area contributed by atoms with Crippen molar-refractivity contribution in [2.24, 2.45) is 5.73 Å². The highest BCUT2D eigenvalue weighted by Crippen LogP contribution is 2.19. The monoisotopic (exact) mass is 461 g/mol. The van der Waals surface area contributed by atoms with Gasteiger partial charge in [0.25, 0.3) is 0 Å². The lowest BCUT2D eigenvalue weighted by Crippen LogP contribution is -2.53. The molecule has 1 saturated heterocycles. The van der Waals surface area contributed by atoms with Crippen molar-refractivity contribution in [2.75, 3.05) is 18.8 Å². The number of aromatic nitrogens is 1. The fourth-order valence-electron chi connectivity index (χ4n) is 3.82. The molecule has 2 heterocycles. The molecule has 0 radical (unpaired) electrons. The molecule has 1 aliphatic heterocycles. The number of amides is 3. The molecule has 0 aliphatic carbocycles. The molecule has 172 valence electrons. The summed E-state index contributed by atoms with van der Waals surface area (Å²) < 4.78 is 0. The molecule has 2 aromatic rings. The fraction of sp³-hybridized carbons (Fsp3) is 0.429. The van der Waals surface area contributed by atoms with Gasteiger partial charge in [0, 0.05) is 29.4 Å². The molecule has 3 unspecified atom stereocenters. The van der Waals surface area contributed by atoms with Gasteiger partial charge in [-0.15, -0.1) is 0 Å². The first-order valence-electron chi connectivity index (χ1n) is 10.3. The number of nitrogens with zero attached hydrogens (tertiary/aromatic N) is 1. The molecular weight excluding hydrogens is 434 g/mol. The maximum Gasteiger partial charge on any atom is 0.327 e. The summed E-state index contributed by atoms with van der Waals surface area (Å²) in [5.74, 6) is -2.69. The number of nitrogens with one attached hydrogen (secondary N) is 3. The number of rotatable bonds is 9. The molecule has 3 rings (SSSR count). The van der Waals surface area contributed by atoms with Crippen molar-refractivity contribution in [3.63, 3.8) is 0 Å². The number of carboxylic acids is 1. The molecular formula is C21H27N5O5S. The third-order valence-corrected chi connectivity index (χ3v) is 5.90. The van der Waals surface area contributed by atoms with Crippen LogP contribution in [0.1, 0.15) is 18.4 Å². The Bertz CT molecular complexity index is 1010. The number of hydrogen-bond acceptors (Lipinski definition) is 6. The van der Waals surface area contributed by atoms with Gasteiger partial charge in [0.15, 0.2) is 0 Å². The van der Waals surface area contributed by atoms with Crippen LogP contribution in [-0.2, 0) is 25.6 Å². The van der Waals surface area contributed by atoms with E-state index in [9.17, 15) is 19.2 Å². The number of carboxylic acid groups (broad SMARTS) is 1. The molecule has 10 nitrogen and oxygen atoms in total. The maximum absolute atomic E-state index is 12.6. The van der Waals surface area contributed by atoms with Gasteiger partial charge in [-0.1, -0.05) is 18.2 Å². The Morgan fingerprint density at radius 2 is 2.03 bits per heavy atom. The van der Waals surface area contributed by atoms with Crippen LogP contribution in [0, 0.1) is 0 Å². The smallest absolute Gasteiger partial charge is 0.327 e. The van der Waals surface area contributed by atoms with Crippen LogP contribution in [0.3, 0.4) is 0 Å². The molecule has 1 aromatic carbocycles. The predicted molar refractivity (Wildman–Crippen MR) is 121 cm³/mol. The molecule has 6 N–H and O–H groups in total. The highest BCUT2D eigenvalue weighted by atomic mass is 32.1. The number of benzene rings is 1. The Hall–Kier alpha value is -3.05. The lowest BCUT2D eigenvalue weighted by molar-refractivity contribution is -0.143. The zero-order valence-corrected chi connectivity index (χ0v) is 18.3. The van der Waals surface area contributed by atoms with Crippen LogP contribution in [0.25, 0.3) is 10.9 Å². The van der Waals surface area contributed by atoms with Crippen LogP contribution < -0.4 is 16.4 Å². The first-order valence-corrected chi connectivity index (χ1v) is 11.0. The Morgan fingerprint density at radius 1 is 1.28 bits per heavy atom. The second kappa shape index (κ2) is 10.5. The second-order valence-electron chi connectivity index (χ2n) is 7.72. The van der Waals surface area contributed by atoms with Crippen molar-refractivity contribution in [1.82, 2.24) is 20.5 Å². The topological polar surface area (TPSA) is 158 Å². The fourth-order valence-corrected chi connectivity index (χ4v) is 4.06. The molecule has 0 bridgehead atoms. The van der Waals surface area contributed by atoms with E-state index in [4.69, 9.17) is 10.8 Å². The average Bonchev–Trinajstić information content (AvgIpc) is 3.43. The molecule has 0 saturated carbocycles. The first kappa shape index (κ1) is 23.6. The number of fused-ring (bicyclic) bond motifs is 1. The summed E-state index contributed by atoms with van der Waals surface area (Å²) in [6, 6.07) is 4.93. The molecule has 1 fully saturated rings. The van der Waals surface area contributed by atoms with Crippen molar-refractivity contribution in [3.05, 3.63) is 36.0 Å². The van der Waals surface area contributed by atoms with Gasteiger partial charge in [-0.2, -0.15) is 12.6 Å². The number of aliphatic carboxylic acids is 1. The van der Waals surface area contributed by atoms with E-state index in [2.05, 4.69) is 28.2 Å². The third kappa shape index (κ3) is 5.40. The highest BCUT2D eigenvalue weighted by molar-refractivity contribution is 7.80. The van der Waals surface area contributed by atoms with Gasteiger partial charge in [-0.3, -0.25) is 14.4 Å². The minimum absolute atomic E-state index is 0.0634. The molecule has 32 heavy (non-hydrogen) atoms. The van der Waals surface area contributed by atoms with Crippen molar-refractivity contribution < 1.29 is 24.3 Å². The summed E-state index contributed by atoms with van der Waals surface area (Å²) in [5.41, 5.74) is 7.89. The Balaban J connectivity index is 1.53. The molecule has 1 aromatic heterocycles. The van der Waals surface area contributed by atoms with Crippen LogP contribution in [0.5, 0.6) is 0 Å². The van der Waals surface area contributed by atoms with E-state index < -0.39 is 41.8 Å². The van der Waals surface area contributed by atoms with E-state index in [1.807, 2.05) is 30.5 Å². The molecule has 3 amide bonds. The van der Waals surface area contributed by atoms with Crippen LogP contribution in [-0.4, -0.2) is 75.6 Å². The molecule has 1 aliphatic rings. The number of nitrogens with two attached hydrogens (primary N) is 1. The Morgan fingerprint density at radius 3 is 2.75 bits per heavy atom. The summed E-state index contributed by atoms with van der Waals surface area (Å²) in [4.78, 5) is 53.1. The van der Waals surface area contributed by atoms with E-state index in [0.29, 0.717) is 25.8 Å². The van der Waals surface area contributed by atoms with Gasteiger partial charge in [0.1, 0.15) is 12.1 Å². The number of para-hydroxylation sites is 1. The standard InChI is InChI=1S/C21H27N5O5S/c22-14(8-12-9-23-15-5-2-1-4-13(12)15)19(28)24-10-18(27)26-7-3-6-17(26)20(29)25-16(11-32)21(30)31/h1-2,4-5,9,14,16-17,23,32H,3,6-8,10-11,22H2,(H,24,28)(H,25,29)(H,30,31). The van der Waals surface area contributed by atoms with E-state index in [1.165, 1.54) is 4.90 Å². The minimum Gasteiger partial charge on any atom is -0.480 e. The molecule has 0 spiro atoms. The summed E-state index contributed by atoms with van der Waals surface area (Å²) in [6.45, 7) is 0.0614. The number of aromatic amines is 1. The third-order valence-electron chi connectivity index (χ3n) is 5.54. The van der Waals surface area contributed by atoms with Crippen LogP contribution in [0.15, 0.2) is 30.5 Å². The lowest BCUT2D eigenvalue weighted by Gasteiger charge is -2.25. The van der Waals surface area contributed by atoms with Crippen molar-refractivity contribution in [2.45, 2.75) is 37.4 Å². The summed E-state index contributed by atoms with van der Waals surface area (Å²) in [5, 5.41) is 15.0. The van der Waals surface area contributed by atoms with Crippen LogP contribution >= 0.6 is 12.6 Å². The average molecular weight is 462 g/mol. The van der Waals surface area contributed by atoms with Gasteiger partial charge in [-0.05, 0) is 30.9 Å². The quantitative estimate of drug-likeness (QED) is 0.280. The number of H-pyrrole nitrogens is 1. The van der Waals surface area contributed by atoms with Crippen LogP contribution in [0.4, 0.5) is 0 Å². The number of likely N-dealkylation sites (tertiary alicyclic amines) is 1. The zero-order valence-electron chi connectivity index (χ0n) is 17.4. The Kier molecular flexibility index (Phi) is 7.75. The van der Waals surface area contributed by atoms with Gasteiger partial charge < -0.3 is 31.4 Å². The number of carbonyl (C=O) groups excluding carboxylic acids is 3. The van der Waals surface area contributed by atoms with E-state index >= 15 is 0 Å². The summed E-state index contributed by atoms with van der Waals surface area (Å²) >= 11 is 3.92. The highest BCUT2D eigenvalue weighted by Gasteiger charge is 2.35. The second-order valence-corrected chi connectivity index (χ2v) is 8.08. The maximum atomic E-state index is 12.6. The van der Waals surface area contributed by atoms with E-state index in [-0.39, 0.29) is 12.3 Å².